The van der Waals surface area contributed by atoms with E-state index < -0.39 is 0 Å². The van der Waals surface area contributed by atoms with Crippen molar-refractivity contribution in [2.45, 2.75) is 31.7 Å². The smallest absolute Gasteiger partial charge is 0.0347 e. The largest absolute Gasteiger partial charge is 0.385 e. The van der Waals surface area contributed by atoms with Crippen LogP contribution >= 0.6 is 11.3 Å². The molecule has 0 radical (unpaired) electrons. The third-order valence-electron chi connectivity index (χ3n) is 3.94. The highest BCUT2D eigenvalue weighted by atomic mass is 32.1. The van der Waals surface area contributed by atoms with E-state index in [1.54, 1.807) is 11.3 Å². The molecule has 1 aromatic heterocycles. The Labute approximate surface area is 112 Å². The van der Waals surface area contributed by atoms with E-state index in [-0.39, 0.29) is 0 Å². The van der Waals surface area contributed by atoms with Crippen molar-refractivity contribution in [1.82, 2.24) is 0 Å². The predicted molar refractivity (Wildman–Crippen MR) is 80.2 cm³/mol. The lowest BCUT2D eigenvalue weighted by molar-refractivity contribution is 0.339. The monoisotopic (exact) mass is 260 g/mol. The SMILES string of the molecule is NC1CCC(CNc2ccc3sccc3c2)CC1. The van der Waals surface area contributed by atoms with Crippen LogP contribution in [-0.4, -0.2) is 12.6 Å². The third kappa shape index (κ3) is 2.68. The van der Waals surface area contributed by atoms with Crippen molar-refractivity contribution in [2.24, 2.45) is 11.7 Å². The molecule has 0 aliphatic heterocycles. The lowest BCUT2D eigenvalue weighted by atomic mass is 9.86. The summed E-state index contributed by atoms with van der Waals surface area (Å²) in [4.78, 5) is 0. The summed E-state index contributed by atoms with van der Waals surface area (Å²) in [6.45, 7) is 1.09. The van der Waals surface area contributed by atoms with Crippen LogP contribution in [0.3, 0.4) is 0 Å². The Morgan fingerprint density at radius 3 is 2.83 bits per heavy atom. The first-order valence-electron chi connectivity index (χ1n) is 6.78. The molecule has 0 bridgehead atoms. The van der Waals surface area contributed by atoms with Gasteiger partial charge in [0.1, 0.15) is 0 Å². The lowest BCUT2D eigenvalue weighted by Gasteiger charge is -2.26. The van der Waals surface area contributed by atoms with Gasteiger partial charge >= 0.3 is 0 Å². The van der Waals surface area contributed by atoms with E-state index in [4.69, 9.17) is 5.73 Å². The number of hydrogen-bond donors (Lipinski definition) is 2. The van der Waals surface area contributed by atoms with Crippen LogP contribution in [0.15, 0.2) is 29.6 Å². The van der Waals surface area contributed by atoms with Crippen LogP contribution < -0.4 is 11.1 Å². The molecule has 3 N–H and O–H groups in total. The van der Waals surface area contributed by atoms with E-state index in [1.807, 2.05) is 0 Å². The van der Waals surface area contributed by atoms with Crippen LogP contribution in [0.1, 0.15) is 25.7 Å². The highest BCUT2D eigenvalue weighted by molar-refractivity contribution is 7.17. The summed E-state index contributed by atoms with van der Waals surface area (Å²) in [5, 5.41) is 7.07. The fourth-order valence-corrected chi connectivity index (χ4v) is 3.50. The van der Waals surface area contributed by atoms with Crippen molar-refractivity contribution in [1.29, 1.82) is 0 Å². The number of hydrogen-bond acceptors (Lipinski definition) is 3. The van der Waals surface area contributed by atoms with Crippen LogP contribution in [0, 0.1) is 5.92 Å². The van der Waals surface area contributed by atoms with Crippen LogP contribution in [0.5, 0.6) is 0 Å². The van der Waals surface area contributed by atoms with E-state index in [2.05, 4.69) is 35.0 Å². The van der Waals surface area contributed by atoms with Gasteiger partial charge in [0.25, 0.3) is 0 Å². The molecule has 1 heterocycles. The van der Waals surface area contributed by atoms with Crippen LogP contribution in [-0.2, 0) is 0 Å². The van der Waals surface area contributed by atoms with Crippen molar-refractivity contribution in [3.8, 4) is 0 Å². The van der Waals surface area contributed by atoms with Gasteiger partial charge < -0.3 is 11.1 Å². The molecule has 0 unspecified atom stereocenters. The van der Waals surface area contributed by atoms with E-state index in [9.17, 15) is 0 Å². The zero-order valence-electron chi connectivity index (χ0n) is 10.6. The molecule has 1 aliphatic carbocycles. The fraction of sp³-hybridized carbons (Fsp3) is 0.467. The molecule has 1 aliphatic rings. The highest BCUT2D eigenvalue weighted by Crippen LogP contribution is 2.26. The predicted octanol–water partition coefficient (Wildman–Crippen LogP) is 3.83. The number of thiophene rings is 1. The number of anilines is 1. The molecule has 3 rings (SSSR count). The molecule has 1 fully saturated rings. The lowest BCUT2D eigenvalue weighted by Crippen LogP contribution is -2.29. The number of benzene rings is 1. The summed E-state index contributed by atoms with van der Waals surface area (Å²) in [6, 6.07) is 9.28. The molecule has 18 heavy (non-hydrogen) atoms. The second-order valence-corrected chi connectivity index (χ2v) is 6.28. The molecule has 0 amide bonds. The maximum Gasteiger partial charge on any atom is 0.0347 e. The number of fused-ring (bicyclic) bond motifs is 1. The van der Waals surface area contributed by atoms with E-state index in [0.29, 0.717) is 6.04 Å². The second-order valence-electron chi connectivity index (χ2n) is 5.33. The Bertz CT molecular complexity index is 512. The number of nitrogens with two attached hydrogens (primary N) is 1. The minimum absolute atomic E-state index is 0.448. The van der Waals surface area contributed by atoms with E-state index >= 15 is 0 Å². The second kappa shape index (κ2) is 5.29. The van der Waals surface area contributed by atoms with Crippen LogP contribution in [0.2, 0.25) is 0 Å². The van der Waals surface area contributed by atoms with Gasteiger partial charge in [0, 0.05) is 23.0 Å². The summed E-state index contributed by atoms with van der Waals surface area (Å²) in [5.74, 6) is 0.794. The molecular weight excluding hydrogens is 240 g/mol. The van der Waals surface area contributed by atoms with E-state index in [1.165, 1.54) is 41.5 Å². The Hall–Kier alpha value is -1.06. The molecule has 2 nitrogen and oxygen atoms in total. The van der Waals surface area contributed by atoms with E-state index in [0.717, 1.165) is 12.5 Å². The number of nitrogens with one attached hydrogen (secondary N) is 1. The maximum atomic E-state index is 5.94. The van der Waals surface area contributed by atoms with Crippen LogP contribution in [0.4, 0.5) is 5.69 Å². The summed E-state index contributed by atoms with van der Waals surface area (Å²) < 4.78 is 1.36. The average molecular weight is 260 g/mol. The normalized spacial score (nSPS) is 24.3. The Morgan fingerprint density at radius 2 is 2.00 bits per heavy atom. The zero-order valence-corrected chi connectivity index (χ0v) is 11.4. The van der Waals surface area contributed by atoms with Gasteiger partial charge in [-0.2, -0.15) is 0 Å². The standard InChI is InChI=1S/C15H20N2S/c16-13-3-1-11(2-4-13)10-17-14-5-6-15-12(9-14)7-8-18-15/h5-9,11,13,17H,1-4,10,16H2. The van der Waals surface area contributed by atoms with Crippen LogP contribution in [0.25, 0.3) is 10.1 Å². The molecular formula is C15H20N2S. The molecule has 96 valence electrons. The Morgan fingerprint density at radius 1 is 1.17 bits per heavy atom. The number of rotatable bonds is 3. The molecule has 1 aromatic carbocycles. The summed E-state index contributed by atoms with van der Waals surface area (Å²) in [6.07, 6.45) is 4.93. The van der Waals surface area contributed by atoms with Gasteiger partial charge in [-0.15, -0.1) is 11.3 Å². The minimum atomic E-state index is 0.448. The van der Waals surface area contributed by atoms with Crippen molar-refractivity contribution in [2.75, 3.05) is 11.9 Å². The maximum absolute atomic E-state index is 5.94. The average Bonchev–Trinajstić information content (AvgIpc) is 2.85. The van der Waals surface area contributed by atoms with Crippen molar-refractivity contribution in [3.05, 3.63) is 29.6 Å². The zero-order chi connectivity index (χ0) is 12.4. The Balaban J connectivity index is 1.59. The van der Waals surface area contributed by atoms with Gasteiger partial charge in [-0.3, -0.25) is 0 Å². The first-order valence-corrected chi connectivity index (χ1v) is 7.66. The van der Waals surface area contributed by atoms with Gasteiger partial charge in [0.2, 0.25) is 0 Å². The van der Waals surface area contributed by atoms with Gasteiger partial charge in [-0.05, 0) is 66.6 Å². The molecule has 0 saturated heterocycles. The van der Waals surface area contributed by atoms with Gasteiger partial charge in [0.05, 0.1) is 0 Å². The first-order chi connectivity index (χ1) is 8.81. The molecule has 0 spiro atoms. The molecule has 3 heteroatoms. The summed E-state index contributed by atoms with van der Waals surface area (Å²) >= 11 is 1.80. The molecule has 2 aromatic rings. The quantitative estimate of drug-likeness (QED) is 0.880. The molecule has 0 atom stereocenters. The molecule has 1 saturated carbocycles. The van der Waals surface area contributed by atoms with Gasteiger partial charge in [-0.25, -0.2) is 0 Å². The van der Waals surface area contributed by atoms with Gasteiger partial charge in [-0.1, -0.05) is 0 Å². The Kier molecular flexibility index (Phi) is 3.52. The topological polar surface area (TPSA) is 38.0 Å². The minimum Gasteiger partial charge on any atom is -0.385 e. The van der Waals surface area contributed by atoms with Gasteiger partial charge in [0.15, 0.2) is 0 Å². The van der Waals surface area contributed by atoms with Crippen molar-refractivity contribution < 1.29 is 0 Å². The highest BCUT2D eigenvalue weighted by Gasteiger charge is 2.17. The summed E-state index contributed by atoms with van der Waals surface area (Å²) in [7, 11) is 0. The third-order valence-corrected chi connectivity index (χ3v) is 4.84. The fourth-order valence-electron chi connectivity index (χ4n) is 2.73. The first kappa shape index (κ1) is 12.0. The summed E-state index contributed by atoms with van der Waals surface area (Å²) in [5.41, 5.74) is 7.18. The van der Waals surface area contributed by atoms with Crippen molar-refractivity contribution in [3.63, 3.8) is 0 Å². The van der Waals surface area contributed by atoms with Crippen molar-refractivity contribution >= 4 is 27.1 Å².